The molecule has 0 saturated heterocycles. The maximum absolute atomic E-state index is 9.60. The first-order chi connectivity index (χ1) is 12.8. The van der Waals surface area contributed by atoms with Crippen molar-refractivity contribution in [2.24, 2.45) is 0 Å². The molecule has 26 heavy (non-hydrogen) atoms. The average Bonchev–Trinajstić information content (AvgIpc) is 3.20. The first-order valence-corrected chi connectivity index (χ1v) is 8.76. The molecule has 3 heterocycles. The Labute approximate surface area is 152 Å². The number of hydrogen-bond donors (Lipinski definition) is 1. The van der Waals surface area contributed by atoms with Crippen molar-refractivity contribution in [3.05, 3.63) is 71.3 Å². The van der Waals surface area contributed by atoms with E-state index in [1.165, 1.54) is 5.56 Å². The summed E-state index contributed by atoms with van der Waals surface area (Å²) < 4.78 is 5.25. The van der Waals surface area contributed by atoms with Crippen LogP contribution in [0.1, 0.15) is 22.4 Å². The molecule has 1 aliphatic rings. The molecule has 1 aliphatic heterocycles. The molecule has 0 amide bonds. The predicted octanol–water partition coefficient (Wildman–Crippen LogP) is 3.40. The number of nitriles is 1. The summed E-state index contributed by atoms with van der Waals surface area (Å²) in [4.78, 5) is 6.92. The SMILES string of the molecule is N#Cc1c(N)nc2c(c1-c1ccoc1)CN(CCc1ccccc1)CC2. The van der Waals surface area contributed by atoms with Gasteiger partial charge in [0, 0.05) is 42.9 Å². The fourth-order valence-corrected chi connectivity index (χ4v) is 3.60. The van der Waals surface area contributed by atoms with Gasteiger partial charge in [-0.1, -0.05) is 30.3 Å². The van der Waals surface area contributed by atoms with E-state index in [0.717, 1.165) is 54.9 Å². The zero-order chi connectivity index (χ0) is 17.9. The minimum Gasteiger partial charge on any atom is -0.472 e. The van der Waals surface area contributed by atoms with Gasteiger partial charge in [-0.3, -0.25) is 4.90 Å². The van der Waals surface area contributed by atoms with Crippen molar-refractivity contribution in [3.8, 4) is 17.2 Å². The van der Waals surface area contributed by atoms with Gasteiger partial charge in [-0.05, 0) is 23.6 Å². The maximum Gasteiger partial charge on any atom is 0.142 e. The molecule has 2 N–H and O–H groups in total. The molecule has 1 aromatic carbocycles. The molecule has 5 heteroatoms. The molecule has 0 spiro atoms. The van der Waals surface area contributed by atoms with Gasteiger partial charge in [0.05, 0.1) is 12.5 Å². The summed E-state index contributed by atoms with van der Waals surface area (Å²) in [6.45, 7) is 2.69. The Hall–Kier alpha value is -3.10. The molecule has 3 aromatic rings. The van der Waals surface area contributed by atoms with Crippen LogP contribution in [-0.2, 0) is 19.4 Å². The van der Waals surface area contributed by atoms with Crippen molar-refractivity contribution in [2.45, 2.75) is 19.4 Å². The van der Waals surface area contributed by atoms with Crippen LogP contribution in [-0.4, -0.2) is 23.0 Å². The lowest BCUT2D eigenvalue weighted by atomic mass is 9.92. The topological polar surface area (TPSA) is 79.1 Å². The number of nitrogens with two attached hydrogens (primary N) is 1. The van der Waals surface area contributed by atoms with Gasteiger partial charge in [-0.15, -0.1) is 0 Å². The van der Waals surface area contributed by atoms with E-state index in [1.807, 2.05) is 12.1 Å². The van der Waals surface area contributed by atoms with E-state index < -0.39 is 0 Å². The van der Waals surface area contributed by atoms with Crippen molar-refractivity contribution < 1.29 is 4.42 Å². The van der Waals surface area contributed by atoms with Crippen molar-refractivity contribution in [1.82, 2.24) is 9.88 Å². The van der Waals surface area contributed by atoms with Gasteiger partial charge in [-0.2, -0.15) is 5.26 Å². The molecule has 2 aromatic heterocycles. The predicted molar refractivity (Wildman–Crippen MR) is 100 cm³/mol. The second kappa shape index (κ2) is 7.03. The third-order valence-corrected chi connectivity index (χ3v) is 4.94. The third-order valence-electron chi connectivity index (χ3n) is 4.94. The van der Waals surface area contributed by atoms with Crippen LogP contribution in [0.3, 0.4) is 0 Å². The van der Waals surface area contributed by atoms with Crippen LogP contribution < -0.4 is 5.73 Å². The van der Waals surface area contributed by atoms with E-state index >= 15 is 0 Å². The average molecular weight is 344 g/mol. The van der Waals surface area contributed by atoms with Gasteiger partial charge in [0.2, 0.25) is 0 Å². The Morgan fingerprint density at radius 2 is 2.08 bits per heavy atom. The molecule has 0 radical (unpaired) electrons. The highest BCUT2D eigenvalue weighted by atomic mass is 16.3. The van der Waals surface area contributed by atoms with Crippen LogP contribution in [0.2, 0.25) is 0 Å². The molecule has 0 atom stereocenters. The maximum atomic E-state index is 9.60. The number of benzene rings is 1. The number of rotatable bonds is 4. The van der Waals surface area contributed by atoms with Crippen LogP contribution >= 0.6 is 0 Å². The highest BCUT2D eigenvalue weighted by molar-refractivity contribution is 5.78. The van der Waals surface area contributed by atoms with Crippen LogP contribution in [0.15, 0.2) is 53.3 Å². The van der Waals surface area contributed by atoms with E-state index in [4.69, 9.17) is 10.2 Å². The van der Waals surface area contributed by atoms with Gasteiger partial charge in [0.15, 0.2) is 0 Å². The van der Waals surface area contributed by atoms with Gasteiger partial charge in [0.25, 0.3) is 0 Å². The quantitative estimate of drug-likeness (QED) is 0.785. The molecule has 0 bridgehead atoms. The molecule has 0 saturated carbocycles. The molecule has 0 fully saturated rings. The highest BCUT2D eigenvalue weighted by Gasteiger charge is 2.25. The highest BCUT2D eigenvalue weighted by Crippen LogP contribution is 2.35. The summed E-state index contributed by atoms with van der Waals surface area (Å²) in [6, 6.07) is 14.6. The summed E-state index contributed by atoms with van der Waals surface area (Å²) in [7, 11) is 0. The van der Waals surface area contributed by atoms with Gasteiger partial charge in [-0.25, -0.2) is 4.98 Å². The second-order valence-electron chi connectivity index (χ2n) is 6.56. The second-order valence-corrected chi connectivity index (χ2v) is 6.56. The number of nitrogen functional groups attached to an aromatic ring is 1. The van der Waals surface area contributed by atoms with Gasteiger partial charge in [0.1, 0.15) is 17.5 Å². The molecule has 130 valence electrons. The molecular formula is C21H20N4O. The molecule has 4 rings (SSSR count). The van der Waals surface area contributed by atoms with Gasteiger partial charge >= 0.3 is 0 Å². The summed E-state index contributed by atoms with van der Waals surface area (Å²) >= 11 is 0. The Kier molecular flexibility index (Phi) is 4.42. The molecule has 0 aliphatic carbocycles. The van der Waals surface area contributed by atoms with E-state index in [-0.39, 0.29) is 0 Å². The van der Waals surface area contributed by atoms with E-state index in [9.17, 15) is 5.26 Å². The number of aromatic nitrogens is 1. The van der Waals surface area contributed by atoms with Crippen LogP contribution in [0, 0.1) is 11.3 Å². The lowest BCUT2D eigenvalue weighted by molar-refractivity contribution is 0.255. The zero-order valence-corrected chi connectivity index (χ0v) is 14.5. The number of fused-ring (bicyclic) bond motifs is 1. The Morgan fingerprint density at radius 3 is 2.81 bits per heavy atom. The molecule has 0 unspecified atom stereocenters. The largest absolute Gasteiger partial charge is 0.472 e. The minimum atomic E-state index is 0.306. The first-order valence-electron chi connectivity index (χ1n) is 8.76. The number of furan rings is 1. The van der Waals surface area contributed by atoms with E-state index in [2.05, 4.69) is 40.2 Å². The summed E-state index contributed by atoms with van der Waals surface area (Å²) in [5.41, 5.74) is 11.7. The zero-order valence-electron chi connectivity index (χ0n) is 14.5. The number of hydrogen-bond acceptors (Lipinski definition) is 5. The fourth-order valence-electron chi connectivity index (χ4n) is 3.60. The summed E-state index contributed by atoms with van der Waals surface area (Å²) in [5.74, 6) is 0.306. The lowest BCUT2D eigenvalue weighted by Gasteiger charge is -2.30. The summed E-state index contributed by atoms with van der Waals surface area (Å²) in [5, 5.41) is 9.60. The number of anilines is 1. The Morgan fingerprint density at radius 1 is 1.23 bits per heavy atom. The fraction of sp³-hybridized carbons (Fsp3) is 0.238. The molecular weight excluding hydrogens is 324 g/mol. The minimum absolute atomic E-state index is 0.306. The van der Waals surface area contributed by atoms with Gasteiger partial charge < -0.3 is 10.2 Å². The summed E-state index contributed by atoms with van der Waals surface area (Å²) in [6.07, 6.45) is 5.13. The van der Waals surface area contributed by atoms with Crippen molar-refractivity contribution in [1.29, 1.82) is 5.26 Å². The third kappa shape index (κ3) is 3.07. The van der Waals surface area contributed by atoms with Crippen LogP contribution in [0.4, 0.5) is 5.82 Å². The number of nitrogens with zero attached hydrogens (tertiary/aromatic N) is 3. The van der Waals surface area contributed by atoms with Crippen LogP contribution in [0.25, 0.3) is 11.1 Å². The Bertz CT molecular complexity index is 942. The Balaban J connectivity index is 1.64. The lowest BCUT2D eigenvalue weighted by Crippen LogP contribution is -2.33. The van der Waals surface area contributed by atoms with E-state index in [1.54, 1.807) is 12.5 Å². The first kappa shape index (κ1) is 16.4. The number of pyridine rings is 1. The standard InChI is InChI=1S/C21H20N4O/c22-12-17-20(16-8-11-26-14-16)18-13-25(10-7-19(18)24-21(17)23)9-6-15-4-2-1-3-5-15/h1-5,8,11,14H,6-7,9-10,13H2,(H2,23,24). The van der Waals surface area contributed by atoms with E-state index in [0.29, 0.717) is 11.4 Å². The molecule has 5 nitrogen and oxygen atoms in total. The monoisotopic (exact) mass is 344 g/mol. The van der Waals surface area contributed by atoms with Crippen molar-refractivity contribution >= 4 is 5.82 Å². The normalized spacial score (nSPS) is 14.0. The smallest absolute Gasteiger partial charge is 0.142 e. The van der Waals surface area contributed by atoms with Crippen molar-refractivity contribution in [2.75, 3.05) is 18.8 Å². The van der Waals surface area contributed by atoms with Crippen molar-refractivity contribution in [3.63, 3.8) is 0 Å². The van der Waals surface area contributed by atoms with Crippen LogP contribution in [0.5, 0.6) is 0 Å².